The van der Waals surface area contributed by atoms with Crippen molar-refractivity contribution >= 4 is 27.7 Å². The highest BCUT2D eigenvalue weighted by atomic mass is 79.9. The number of nitrogens with two attached hydrogens (primary N) is 1. The van der Waals surface area contributed by atoms with Crippen LogP contribution < -0.4 is 11.1 Å². The van der Waals surface area contributed by atoms with Crippen molar-refractivity contribution in [3.05, 3.63) is 22.3 Å². The zero-order valence-corrected chi connectivity index (χ0v) is 10.6. The molecule has 0 saturated heterocycles. The number of amides is 1. The van der Waals surface area contributed by atoms with Crippen molar-refractivity contribution in [3.63, 3.8) is 0 Å². The molecule has 0 aliphatic carbocycles. The normalized spacial score (nSPS) is 10.2. The first kappa shape index (κ1) is 13.1. The molecule has 0 fully saturated rings. The summed E-state index contributed by atoms with van der Waals surface area (Å²) in [4.78, 5) is 15.5. The molecule has 0 aliphatic heterocycles. The third-order valence-corrected chi connectivity index (χ3v) is 2.62. The second-order valence-corrected chi connectivity index (χ2v) is 4.01. The maximum Gasteiger partial charge on any atom is 0.251 e. The van der Waals surface area contributed by atoms with Gasteiger partial charge >= 0.3 is 0 Å². The van der Waals surface area contributed by atoms with E-state index >= 15 is 0 Å². The van der Waals surface area contributed by atoms with Crippen LogP contribution in [-0.4, -0.2) is 30.6 Å². The van der Waals surface area contributed by atoms with Gasteiger partial charge in [-0.2, -0.15) is 0 Å². The highest BCUT2D eigenvalue weighted by Crippen LogP contribution is 2.15. The SMILES string of the molecule is Cc1nc(NC(=O)COCCN)ccc1Br. The van der Waals surface area contributed by atoms with Crippen LogP contribution in [0.15, 0.2) is 16.6 Å². The van der Waals surface area contributed by atoms with Crippen LogP contribution in [0.2, 0.25) is 0 Å². The minimum Gasteiger partial charge on any atom is -0.370 e. The third-order valence-electron chi connectivity index (χ3n) is 1.78. The standard InChI is InChI=1S/C10H14BrN3O2/c1-7-8(11)2-3-9(13-7)14-10(15)6-16-5-4-12/h2-3H,4-6,12H2,1H3,(H,13,14,15). The number of aryl methyl sites for hydroxylation is 1. The Hall–Kier alpha value is -0.980. The predicted molar refractivity (Wildman–Crippen MR) is 65.2 cm³/mol. The number of nitrogens with one attached hydrogen (secondary N) is 1. The van der Waals surface area contributed by atoms with Crippen molar-refractivity contribution in [1.29, 1.82) is 0 Å². The molecule has 0 spiro atoms. The maximum atomic E-state index is 11.4. The lowest BCUT2D eigenvalue weighted by molar-refractivity contribution is -0.120. The van der Waals surface area contributed by atoms with E-state index in [0.29, 0.717) is 19.0 Å². The van der Waals surface area contributed by atoms with Crippen molar-refractivity contribution in [2.45, 2.75) is 6.92 Å². The van der Waals surface area contributed by atoms with E-state index in [1.807, 2.05) is 13.0 Å². The summed E-state index contributed by atoms with van der Waals surface area (Å²) in [7, 11) is 0. The first-order valence-electron chi connectivity index (χ1n) is 4.84. The van der Waals surface area contributed by atoms with Crippen molar-refractivity contribution in [1.82, 2.24) is 4.98 Å². The molecule has 0 saturated carbocycles. The van der Waals surface area contributed by atoms with Gasteiger partial charge in [-0.05, 0) is 35.0 Å². The second kappa shape index (κ2) is 6.57. The lowest BCUT2D eigenvalue weighted by Gasteiger charge is -2.06. The van der Waals surface area contributed by atoms with Gasteiger partial charge in [-0.25, -0.2) is 4.98 Å². The van der Waals surface area contributed by atoms with Crippen molar-refractivity contribution in [2.75, 3.05) is 25.1 Å². The number of halogens is 1. The summed E-state index contributed by atoms with van der Waals surface area (Å²) in [5.74, 6) is 0.282. The number of anilines is 1. The first-order valence-corrected chi connectivity index (χ1v) is 5.63. The van der Waals surface area contributed by atoms with Gasteiger partial charge in [0.05, 0.1) is 12.3 Å². The molecule has 5 nitrogen and oxygen atoms in total. The minimum atomic E-state index is -0.234. The Kier molecular flexibility index (Phi) is 5.37. The molecular weight excluding hydrogens is 274 g/mol. The molecule has 1 aromatic heterocycles. The molecule has 3 N–H and O–H groups in total. The van der Waals surface area contributed by atoms with Gasteiger partial charge in [0, 0.05) is 11.0 Å². The van der Waals surface area contributed by atoms with Crippen LogP contribution >= 0.6 is 15.9 Å². The van der Waals surface area contributed by atoms with Crippen LogP contribution in [0, 0.1) is 6.92 Å². The second-order valence-electron chi connectivity index (χ2n) is 3.15. The van der Waals surface area contributed by atoms with Crippen LogP contribution in [0.3, 0.4) is 0 Å². The molecule has 16 heavy (non-hydrogen) atoms. The van der Waals surface area contributed by atoms with E-state index < -0.39 is 0 Å². The smallest absolute Gasteiger partial charge is 0.251 e. The number of carbonyl (C=O) groups is 1. The Morgan fingerprint density at radius 3 is 3.00 bits per heavy atom. The fourth-order valence-electron chi connectivity index (χ4n) is 1.04. The van der Waals surface area contributed by atoms with Gasteiger partial charge in [0.15, 0.2) is 0 Å². The summed E-state index contributed by atoms with van der Waals surface area (Å²) in [5.41, 5.74) is 6.05. The Morgan fingerprint density at radius 1 is 1.62 bits per heavy atom. The minimum absolute atomic E-state index is 0.00596. The maximum absolute atomic E-state index is 11.4. The molecule has 0 radical (unpaired) electrons. The molecule has 1 aromatic rings. The van der Waals surface area contributed by atoms with Gasteiger partial charge in [-0.1, -0.05) is 0 Å². The molecule has 1 rings (SSSR count). The molecule has 0 unspecified atom stereocenters. The summed E-state index contributed by atoms with van der Waals surface area (Å²) in [6.07, 6.45) is 0. The molecule has 0 atom stereocenters. The first-order chi connectivity index (χ1) is 7.63. The predicted octanol–water partition coefficient (Wildman–Crippen LogP) is 1.07. The summed E-state index contributed by atoms with van der Waals surface area (Å²) in [5, 5.41) is 2.63. The van der Waals surface area contributed by atoms with Crippen molar-refractivity contribution in [2.24, 2.45) is 5.73 Å². The molecular formula is C10H14BrN3O2. The van der Waals surface area contributed by atoms with Gasteiger partial charge < -0.3 is 15.8 Å². The number of aromatic nitrogens is 1. The van der Waals surface area contributed by atoms with Gasteiger partial charge in [0.1, 0.15) is 12.4 Å². The van der Waals surface area contributed by atoms with Gasteiger partial charge in [-0.15, -0.1) is 0 Å². The zero-order valence-electron chi connectivity index (χ0n) is 9.00. The highest BCUT2D eigenvalue weighted by molar-refractivity contribution is 9.10. The van der Waals surface area contributed by atoms with E-state index in [0.717, 1.165) is 10.2 Å². The molecule has 0 aliphatic rings. The van der Waals surface area contributed by atoms with E-state index in [-0.39, 0.29) is 12.5 Å². The van der Waals surface area contributed by atoms with Crippen LogP contribution in [0.25, 0.3) is 0 Å². The van der Waals surface area contributed by atoms with E-state index in [1.54, 1.807) is 6.07 Å². The number of rotatable bonds is 5. The summed E-state index contributed by atoms with van der Waals surface area (Å²) in [6, 6.07) is 3.55. The Morgan fingerprint density at radius 2 is 2.38 bits per heavy atom. The lowest BCUT2D eigenvalue weighted by atomic mass is 10.4. The Labute approximate surface area is 103 Å². The van der Waals surface area contributed by atoms with Crippen molar-refractivity contribution < 1.29 is 9.53 Å². The topological polar surface area (TPSA) is 77.2 Å². The number of nitrogens with zero attached hydrogens (tertiary/aromatic N) is 1. The highest BCUT2D eigenvalue weighted by Gasteiger charge is 2.04. The molecule has 6 heteroatoms. The quantitative estimate of drug-likeness (QED) is 0.794. The summed E-state index contributed by atoms with van der Waals surface area (Å²) >= 11 is 3.33. The average molecular weight is 288 g/mol. The van der Waals surface area contributed by atoms with E-state index in [1.165, 1.54) is 0 Å². The van der Waals surface area contributed by atoms with Gasteiger partial charge in [0.2, 0.25) is 0 Å². The lowest BCUT2D eigenvalue weighted by Crippen LogP contribution is -2.21. The number of carbonyl (C=O) groups excluding carboxylic acids is 1. The third kappa shape index (κ3) is 4.26. The van der Waals surface area contributed by atoms with Gasteiger partial charge in [0.25, 0.3) is 5.91 Å². The molecule has 88 valence electrons. The monoisotopic (exact) mass is 287 g/mol. The van der Waals surface area contributed by atoms with Crippen LogP contribution in [-0.2, 0) is 9.53 Å². The van der Waals surface area contributed by atoms with E-state index in [2.05, 4.69) is 26.2 Å². The van der Waals surface area contributed by atoms with E-state index in [9.17, 15) is 4.79 Å². The summed E-state index contributed by atoms with van der Waals surface area (Å²) in [6.45, 7) is 2.63. The number of ether oxygens (including phenoxy) is 1. The van der Waals surface area contributed by atoms with Crippen LogP contribution in [0.1, 0.15) is 5.69 Å². The number of hydrogen-bond acceptors (Lipinski definition) is 4. The molecule has 0 aromatic carbocycles. The number of hydrogen-bond donors (Lipinski definition) is 2. The van der Waals surface area contributed by atoms with Crippen LogP contribution in [0.4, 0.5) is 5.82 Å². The number of pyridine rings is 1. The molecule has 1 heterocycles. The average Bonchev–Trinajstić information content (AvgIpc) is 2.24. The van der Waals surface area contributed by atoms with Crippen molar-refractivity contribution in [3.8, 4) is 0 Å². The Bertz CT molecular complexity index is 371. The van der Waals surface area contributed by atoms with Crippen LogP contribution in [0.5, 0.6) is 0 Å². The Balaban J connectivity index is 2.46. The molecule has 1 amide bonds. The zero-order chi connectivity index (χ0) is 12.0. The fraction of sp³-hybridized carbons (Fsp3) is 0.400. The van der Waals surface area contributed by atoms with E-state index in [4.69, 9.17) is 10.5 Å². The molecule has 0 bridgehead atoms. The summed E-state index contributed by atoms with van der Waals surface area (Å²) < 4.78 is 5.90. The fourth-order valence-corrected chi connectivity index (χ4v) is 1.26. The van der Waals surface area contributed by atoms with Gasteiger partial charge in [-0.3, -0.25) is 4.79 Å². The largest absolute Gasteiger partial charge is 0.370 e.